The molecule has 22 heavy (non-hydrogen) atoms. The Balaban J connectivity index is 1.83. The Kier molecular flexibility index (Phi) is 6.38. The molecular formula is C15H11Cl3FNOS. The standard InChI is InChI=1S/C15H11Cl3FNOS/c16-10-2-1-9(14(19)5-10)7-22-8-15(21)20-11-3-4-12(17)13(18)6-11/h1-6H,7-8H2,(H,20,21). The van der Waals surface area contributed by atoms with E-state index in [1.54, 1.807) is 30.3 Å². The summed E-state index contributed by atoms with van der Waals surface area (Å²) in [7, 11) is 0. The van der Waals surface area contributed by atoms with Crippen LogP contribution < -0.4 is 5.32 Å². The summed E-state index contributed by atoms with van der Waals surface area (Å²) in [6.45, 7) is 0. The highest BCUT2D eigenvalue weighted by Gasteiger charge is 2.07. The zero-order valence-electron chi connectivity index (χ0n) is 11.2. The second-order valence-corrected chi connectivity index (χ2v) is 6.64. The summed E-state index contributed by atoms with van der Waals surface area (Å²) in [5.41, 5.74) is 1.08. The molecule has 0 saturated carbocycles. The second-order valence-electron chi connectivity index (χ2n) is 4.41. The van der Waals surface area contributed by atoms with Crippen LogP contribution in [0, 0.1) is 5.82 Å². The zero-order valence-corrected chi connectivity index (χ0v) is 14.3. The van der Waals surface area contributed by atoms with Gasteiger partial charge in [0.1, 0.15) is 5.82 Å². The molecule has 0 bridgehead atoms. The third kappa shape index (κ3) is 5.06. The maximum atomic E-state index is 13.6. The van der Waals surface area contributed by atoms with Crippen molar-refractivity contribution in [3.8, 4) is 0 Å². The first-order valence-electron chi connectivity index (χ1n) is 6.22. The minimum atomic E-state index is -0.370. The number of benzene rings is 2. The maximum absolute atomic E-state index is 13.6. The van der Waals surface area contributed by atoms with Crippen LogP contribution in [0.4, 0.5) is 10.1 Å². The zero-order chi connectivity index (χ0) is 16.1. The number of thioether (sulfide) groups is 1. The van der Waals surface area contributed by atoms with Crippen molar-refractivity contribution in [2.24, 2.45) is 0 Å². The molecule has 0 unspecified atom stereocenters. The minimum Gasteiger partial charge on any atom is -0.325 e. The number of nitrogens with one attached hydrogen (secondary N) is 1. The summed E-state index contributed by atoms with van der Waals surface area (Å²) < 4.78 is 13.6. The molecule has 116 valence electrons. The number of anilines is 1. The van der Waals surface area contributed by atoms with Gasteiger partial charge in [0, 0.05) is 16.5 Å². The number of carbonyl (C=O) groups is 1. The lowest BCUT2D eigenvalue weighted by Gasteiger charge is -2.07. The van der Waals surface area contributed by atoms with Gasteiger partial charge in [0.25, 0.3) is 0 Å². The summed E-state index contributed by atoms with van der Waals surface area (Å²) in [5.74, 6) is 0.0165. The van der Waals surface area contributed by atoms with Gasteiger partial charge in [-0.1, -0.05) is 40.9 Å². The highest BCUT2D eigenvalue weighted by molar-refractivity contribution is 7.99. The van der Waals surface area contributed by atoms with Gasteiger partial charge in [0.05, 0.1) is 15.8 Å². The van der Waals surface area contributed by atoms with Gasteiger partial charge in [-0.25, -0.2) is 4.39 Å². The van der Waals surface area contributed by atoms with Gasteiger partial charge in [0.15, 0.2) is 0 Å². The summed E-state index contributed by atoms with van der Waals surface area (Å²) in [6, 6.07) is 9.34. The van der Waals surface area contributed by atoms with Crippen LogP contribution in [0.5, 0.6) is 0 Å². The van der Waals surface area contributed by atoms with Gasteiger partial charge < -0.3 is 5.32 Å². The highest BCUT2D eigenvalue weighted by atomic mass is 35.5. The van der Waals surface area contributed by atoms with Crippen LogP contribution in [0.3, 0.4) is 0 Å². The van der Waals surface area contributed by atoms with E-state index in [0.29, 0.717) is 32.1 Å². The molecule has 7 heteroatoms. The van der Waals surface area contributed by atoms with Crippen LogP contribution in [0.15, 0.2) is 36.4 Å². The van der Waals surface area contributed by atoms with E-state index in [1.165, 1.54) is 17.8 Å². The third-order valence-corrected chi connectivity index (χ3v) is 4.66. The van der Waals surface area contributed by atoms with Gasteiger partial charge in [-0.2, -0.15) is 0 Å². The van der Waals surface area contributed by atoms with Gasteiger partial charge in [-0.3, -0.25) is 4.79 Å². The number of halogens is 4. The monoisotopic (exact) mass is 377 g/mol. The minimum absolute atomic E-state index is 0.197. The number of carbonyl (C=O) groups excluding carboxylic acids is 1. The highest BCUT2D eigenvalue weighted by Crippen LogP contribution is 2.25. The topological polar surface area (TPSA) is 29.1 Å². The summed E-state index contributed by atoms with van der Waals surface area (Å²) in [6.07, 6.45) is 0. The number of hydrogen-bond donors (Lipinski definition) is 1. The normalized spacial score (nSPS) is 10.5. The Labute approximate surface area is 146 Å². The van der Waals surface area contributed by atoms with Gasteiger partial charge in [-0.15, -0.1) is 11.8 Å². The van der Waals surface area contributed by atoms with Gasteiger partial charge in [0.2, 0.25) is 5.91 Å². The molecule has 0 aliphatic carbocycles. The largest absolute Gasteiger partial charge is 0.325 e. The van der Waals surface area contributed by atoms with Crippen molar-refractivity contribution in [3.63, 3.8) is 0 Å². The van der Waals surface area contributed by atoms with Crippen LogP contribution in [-0.4, -0.2) is 11.7 Å². The molecule has 2 rings (SSSR count). The van der Waals surface area contributed by atoms with E-state index in [1.807, 2.05) is 0 Å². The smallest absolute Gasteiger partial charge is 0.234 e. The van der Waals surface area contributed by atoms with Gasteiger partial charge in [-0.05, 0) is 35.9 Å². The maximum Gasteiger partial charge on any atom is 0.234 e. The van der Waals surface area contributed by atoms with Crippen molar-refractivity contribution in [1.29, 1.82) is 0 Å². The van der Waals surface area contributed by atoms with E-state index in [4.69, 9.17) is 34.8 Å². The first kappa shape index (κ1) is 17.4. The van der Waals surface area contributed by atoms with E-state index < -0.39 is 0 Å². The predicted molar refractivity (Wildman–Crippen MR) is 92.7 cm³/mol. The number of hydrogen-bond acceptors (Lipinski definition) is 2. The molecule has 2 nitrogen and oxygen atoms in total. The third-order valence-electron chi connectivity index (χ3n) is 2.71. The van der Waals surface area contributed by atoms with Crippen LogP contribution in [0.2, 0.25) is 15.1 Å². The van der Waals surface area contributed by atoms with Crippen molar-refractivity contribution in [2.45, 2.75) is 5.75 Å². The first-order valence-corrected chi connectivity index (χ1v) is 8.51. The quantitative estimate of drug-likeness (QED) is 0.727. The van der Waals surface area contributed by atoms with E-state index in [-0.39, 0.29) is 17.5 Å². The molecule has 0 heterocycles. The summed E-state index contributed by atoms with van der Waals surface area (Å²) in [5, 5.41) is 3.85. The fourth-order valence-corrected chi connectivity index (χ4v) is 2.93. The average Bonchev–Trinajstić information content (AvgIpc) is 2.45. The molecule has 0 spiro atoms. The molecular weight excluding hydrogens is 368 g/mol. The summed E-state index contributed by atoms with van der Waals surface area (Å²) in [4.78, 5) is 11.8. The molecule has 0 aliphatic rings. The Morgan fingerprint density at radius 1 is 1.09 bits per heavy atom. The van der Waals surface area contributed by atoms with Crippen molar-refractivity contribution < 1.29 is 9.18 Å². The Hall–Kier alpha value is -0.940. The van der Waals surface area contributed by atoms with E-state index in [0.717, 1.165) is 0 Å². The SMILES string of the molecule is O=C(CSCc1ccc(Cl)cc1F)Nc1ccc(Cl)c(Cl)c1. The number of rotatable bonds is 5. The molecule has 0 radical (unpaired) electrons. The van der Waals surface area contributed by atoms with Crippen LogP contribution >= 0.6 is 46.6 Å². The lowest BCUT2D eigenvalue weighted by atomic mass is 10.2. The van der Waals surface area contributed by atoms with Crippen LogP contribution in [0.1, 0.15) is 5.56 Å². The molecule has 0 atom stereocenters. The fraction of sp³-hybridized carbons (Fsp3) is 0.133. The van der Waals surface area contributed by atoms with Crippen LogP contribution in [0.25, 0.3) is 0 Å². The van der Waals surface area contributed by atoms with Crippen LogP contribution in [-0.2, 0) is 10.5 Å². The fourth-order valence-electron chi connectivity index (χ4n) is 1.66. The molecule has 0 aliphatic heterocycles. The Bertz CT molecular complexity index is 696. The Morgan fingerprint density at radius 2 is 1.86 bits per heavy atom. The molecule has 0 fully saturated rings. The molecule has 0 saturated heterocycles. The molecule has 1 N–H and O–H groups in total. The molecule has 2 aromatic carbocycles. The number of amides is 1. The van der Waals surface area contributed by atoms with Crippen molar-refractivity contribution in [3.05, 3.63) is 62.8 Å². The lowest BCUT2D eigenvalue weighted by molar-refractivity contribution is -0.113. The predicted octanol–water partition coefficient (Wildman–Crippen LogP) is 5.66. The lowest BCUT2D eigenvalue weighted by Crippen LogP contribution is -2.14. The van der Waals surface area contributed by atoms with Crippen molar-refractivity contribution in [2.75, 3.05) is 11.1 Å². The molecule has 0 aromatic heterocycles. The van der Waals surface area contributed by atoms with Gasteiger partial charge >= 0.3 is 0 Å². The molecule has 1 amide bonds. The summed E-state index contributed by atoms with van der Waals surface area (Å²) >= 11 is 18.7. The van der Waals surface area contributed by atoms with E-state index in [2.05, 4.69) is 5.32 Å². The van der Waals surface area contributed by atoms with E-state index in [9.17, 15) is 9.18 Å². The van der Waals surface area contributed by atoms with Crippen molar-refractivity contribution >= 4 is 58.2 Å². The average molecular weight is 379 g/mol. The van der Waals surface area contributed by atoms with Crippen molar-refractivity contribution in [1.82, 2.24) is 0 Å². The second kappa shape index (κ2) is 8.06. The van der Waals surface area contributed by atoms with E-state index >= 15 is 0 Å². The molecule has 2 aromatic rings. The first-order chi connectivity index (χ1) is 10.5. The Morgan fingerprint density at radius 3 is 2.55 bits per heavy atom.